The Kier molecular flexibility index (Phi) is 7.17. The zero-order valence-corrected chi connectivity index (χ0v) is 20.6. The molecule has 5 rings (SSSR count). The summed E-state index contributed by atoms with van der Waals surface area (Å²) < 4.78 is 5.80. The molecule has 2 aromatic rings. The molecule has 0 unspecified atom stereocenters. The van der Waals surface area contributed by atoms with E-state index in [1.807, 2.05) is 41.5 Å². The highest BCUT2D eigenvalue weighted by molar-refractivity contribution is 7.98. The van der Waals surface area contributed by atoms with E-state index in [1.165, 1.54) is 10.5 Å². The van der Waals surface area contributed by atoms with Crippen molar-refractivity contribution >= 4 is 29.4 Å². The van der Waals surface area contributed by atoms with E-state index >= 15 is 0 Å². The summed E-state index contributed by atoms with van der Waals surface area (Å²) in [6, 6.07) is 13.9. The topological polar surface area (TPSA) is 103 Å². The molecule has 0 spiro atoms. The quantitative estimate of drug-likeness (QED) is 0.458. The fourth-order valence-electron chi connectivity index (χ4n) is 5.31. The smallest absolute Gasteiger partial charge is 0.315 e. The van der Waals surface area contributed by atoms with Crippen molar-refractivity contribution in [3.05, 3.63) is 59.2 Å². The Morgan fingerprint density at radius 3 is 2.91 bits per heavy atom. The first kappa shape index (κ1) is 24.0. The second kappa shape index (κ2) is 10.5. The molecule has 9 heteroatoms. The van der Waals surface area contributed by atoms with Gasteiger partial charge in [-0.25, -0.2) is 4.79 Å². The number of thioether (sulfide) groups is 1. The Morgan fingerprint density at radius 2 is 2.06 bits per heavy atom. The van der Waals surface area contributed by atoms with Gasteiger partial charge in [-0.2, -0.15) is 0 Å². The summed E-state index contributed by atoms with van der Waals surface area (Å²) in [7, 11) is 0. The molecule has 3 heterocycles. The van der Waals surface area contributed by atoms with Gasteiger partial charge in [0.05, 0.1) is 37.4 Å². The number of fused-ring (bicyclic) bond motifs is 4. The lowest BCUT2D eigenvalue weighted by atomic mass is 9.89. The van der Waals surface area contributed by atoms with Crippen molar-refractivity contribution in [2.75, 3.05) is 31.3 Å². The van der Waals surface area contributed by atoms with Crippen LogP contribution in [0.2, 0.25) is 0 Å². The SMILES string of the molecule is CSc1ccccc1[C@H]1CCCN1C(=O)CNC(=O)NCc1ccc2c(c1)[C@H]1C[C@H](N2)[C@H](O)CO1. The van der Waals surface area contributed by atoms with Crippen molar-refractivity contribution in [1.29, 1.82) is 0 Å². The first-order valence-electron chi connectivity index (χ1n) is 12.2. The van der Waals surface area contributed by atoms with E-state index in [1.54, 1.807) is 11.8 Å². The number of aliphatic hydroxyl groups is 1. The summed E-state index contributed by atoms with van der Waals surface area (Å²) in [4.78, 5) is 28.4. The van der Waals surface area contributed by atoms with Crippen LogP contribution in [0.15, 0.2) is 47.4 Å². The van der Waals surface area contributed by atoms with Crippen LogP contribution in [0, 0.1) is 0 Å². The lowest BCUT2D eigenvalue weighted by molar-refractivity contribution is -0.131. The first-order chi connectivity index (χ1) is 17.0. The molecule has 2 saturated heterocycles. The van der Waals surface area contributed by atoms with Crippen LogP contribution >= 0.6 is 11.8 Å². The molecule has 3 aliphatic rings. The first-order valence-corrected chi connectivity index (χ1v) is 13.4. The van der Waals surface area contributed by atoms with Crippen molar-refractivity contribution in [3.63, 3.8) is 0 Å². The van der Waals surface area contributed by atoms with Gasteiger partial charge in [0, 0.05) is 35.7 Å². The van der Waals surface area contributed by atoms with E-state index in [0.717, 1.165) is 36.1 Å². The van der Waals surface area contributed by atoms with E-state index in [4.69, 9.17) is 4.74 Å². The second-order valence-electron chi connectivity index (χ2n) is 9.32. The van der Waals surface area contributed by atoms with E-state index in [0.29, 0.717) is 19.7 Å². The zero-order chi connectivity index (χ0) is 24.4. The molecule has 0 aliphatic carbocycles. The Hall–Kier alpha value is -2.75. The number of nitrogens with zero attached hydrogens (tertiary/aromatic N) is 1. The molecule has 4 atom stereocenters. The molecule has 4 N–H and O–H groups in total. The lowest BCUT2D eigenvalue weighted by Gasteiger charge is -2.40. The molecule has 35 heavy (non-hydrogen) atoms. The van der Waals surface area contributed by atoms with E-state index < -0.39 is 6.10 Å². The minimum atomic E-state index is -0.497. The van der Waals surface area contributed by atoms with Crippen LogP contribution in [0.25, 0.3) is 0 Å². The summed E-state index contributed by atoms with van der Waals surface area (Å²) >= 11 is 1.69. The van der Waals surface area contributed by atoms with E-state index in [2.05, 4.69) is 28.1 Å². The number of carbonyl (C=O) groups is 2. The predicted molar refractivity (Wildman–Crippen MR) is 135 cm³/mol. The number of rotatable bonds is 6. The van der Waals surface area contributed by atoms with Crippen LogP contribution in [-0.2, 0) is 16.1 Å². The number of benzene rings is 2. The molecule has 2 fully saturated rings. The van der Waals surface area contributed by atoms with Gasteiger partial charge < -0.3 is 30.7 Å². The summed E-state index contributed by atoms with van der Waals surface area (Å²) in [5.74, 6) is -0.0652. The molecule has 3 aliphatic heterocycles. The second-order valence-corrected chi connectivity index (χ2v) is 10.2. The largest absolute Gasteiger partial charge is 0.389 e. The highest BCUT2D eigenvalue weighted by atomic mass is 32.2. The number of hydrogen-bond donors (Lipinski definition) is 4. The van der Waals surface area contributed by atoms with Crippen LogP contribution in [-0.4, -0.2) is 60.0 Å². The third-order valence-electron chi connectivity index (χ3n) is 7.13. The van der Waals surface area contributed by atoms with Crippen molar-refractivity contribution in [2.45, 2.75) is 55.0 Å². The van der Waals surface area contributed by atoms with Gasteiger partial charge in [0.15, 0.2) is 0 Å². The van der Waals surface area contributed by atoms with Gasteiger partial charge in [-0.1, -0.05) is 24.3 Å². The number of aliphatic hydroxyl groups excluding tert-OH is 1. The van der Waals surface area contributed by atoms with Gasteiger partial charge in [-0.3, -0.25) is 4.79 Å². The van der Waals surface area contributed by atoms with Crippen LogP contribution in [0.3, 0.4) is 0 Å². The summed E-state index contributed by atoms with van der Waals surface area (Å²) in [5.41, 5.74) is 4.15. The number of urea groups is 1. The Balaban J connectivity index is 1.14. The number of nitrogens with one attached hydrogen (secondary N) is 3. The molecule has 0 radical (unpaired) electrons. The Morgan fingerprint density at radius 1 is 1.20 bits per heavy atom. The summed E-state index contributed by atoms with van der Waals surface area (Å²) in [5, 5.41) is 19.0. The third-order valence-corrected chi connectivity index (χ3v) is 7.94. The maximum atomic E-state index is 12.9. The normalized spacial score (nSPS) is 24.9. The Bertz CT molecular complexity index is 1100. The minimum Gasteiger partial charge on any atom is -0.389 e. The number of hydrogen-bond acceptors (Lipinski definition) is 6. The van der Waals surface area contributed by atoms with Crippen LogP contribution < -0.4 is 16.0 Å². The number of carbonyl (C=O) groups excluding carboxylic acids is 2. The zero-order valence-electron chi connectivity index (χ0n) is 19.8. The molecule has 2 bridgehead atoms. The molecule has 0 saturated carbocycles. The highest BCUT2D eigenvalue weighted by Gasteiger charge is 2.36. The van der Waals surface area contributed by atoms with Crippen LogP contribution in [0.1, 0.15) is 48.1 Å². The molecular formula is C26H32N4O4S. The average Bonchev–Trinajstić information content (AvgIpc) is 3.38. The van der Waals surface area contributed by atoms with Crippen LogP contribution in [0.4, 0.5) is 10.5 Å². The minimum absolute atomic E-state index is 0.0120. The molecular weight excluding hydrogens is 464 g/mol. The molecule has 2 aromatic carbocycles. The van der Waals surface area contributed by atoms with Gasteiger partial charge in [-0.05, 0) is 48.4 Å². The monoisotopic (exact) mass is 496 g/mol. The van der Waals surface area contributed by atoms with Crippen molar-refractivity contribution < 1.29 is 19.4 Å². The average molecular weight is 497 g/mol. The maximum absolute atomic E-state index is 12.9. The predicted octanol–water partition coefficient (Wildman–Crippen LogP) is 3.19. The van der Waals surface area contributed by atoms with Crippen molar-refractivity contribution in [2.24, 2.45) is 0 Å². The molecule has 3 amide bonds. The molecule has 186 valence electrons. The van der Waals surface area contributed by atoms with Crippen LogP contribution in [0.5, 0.6) is 0 Å². The highest BCUT2D eigenvalue weighted by Crippen LogP contribution is 2.39. The number of anilines is 1. The molecule has 0 aromatic heterocycles. The standard InChI is InChI=1S/C26H32N4O4S/c1-35-24-7-3-2-5-17(24)21-6-4-10-30(21)25(32)14-28-26(33)27-13-16-8-9-19-18(11-16)23-12-20(29-19)22(31)15-34-23/h2-3,5,7-9,11,20-23,29,31H,4,6,10,12-15H2,1H3,(H2,27,28,33)/t20-,21+,22+,23+/m0/s1. The van der Waals surface area contributed by atoms with Gasteiger partial charge >= 0.3 is 6.03 Å². The summed E-state index contributed by atoms with van der Waals surface area (Å²) in [6.07, 6.45) is 4.13. The summed E-state index contributed by atoms with van der Waals surface area (Å²) in [6.45, 7) is 1.35. The fourth-order valence-corrected chi connectivity index (χ4v) is 5.97. The van der Waals surface area contributed by atoms with Crippen molar-refractivity contribution in [1.82, 2.24) is 15.5 Å². The third kappa shape index (κ3) is 5.12. The van der Waals surface area contributed by atoms with Gasteiger partial charge in [-0.15, -0.1) is 11.8 Å². The van der Waals surface area contributed by atoms with Gasteiger partial charge in [0.2, 0.25) is 5.91 Å². The van der Waals surface area contributed by atoms with E-state index in [-0.39, 0.29) is 36.7 Å². The van der Waals surface area contributed by atoms with Crippen molar-refractivity contribution in [3.8, 4) is 0 Å². The van der Waals surface area contributed by atoms with E-state index in [9.17, 15) is 14.7 Å². The number of likely N-dealkylation sites (tertiary alicyclic amines) is 1. The fraction of sp³-hybridized carbons (Fsp3) is 0.462. The Labute approximate surface area is 209 Å². The lowest BCUT2D eigenvalue weighted by Crippen LogP contribution is -2.46. The maximum Gasteiger partial charge on any atom is 0.315 e. The number of amides is 3. The number of ether oxygens (including phenoxy) is 1. The van der Waals surface area contributed by atoms with Gasteiger partial charge in [0.25, 0.3) is 0 Å². The molecule has 8 nitrogen and oxygen atoms in total. The van der Waals surface area contributed by atoms with Gasteiger partial charge in [0.1, 0.15) is 0 Å².